The van der Waals surface area contributed by atoms with E-state index >= 15 is 0 Å². The number of likely N-dealkylation sites (N-methyl/N-ethyl adjacent to an activating group) is 1. The first-order chi connectivity index (χ1) is 8.63. The molecule has 1 aliphatic rings. The van der Waals surface area contributed by atoms with Crippen LogP contribution in [-0.4, -0.2) is 33.0 Å². The Morgan fingerprint density at radius 1 is 1.33 bits per heavy atom. The molecule has 1 aromatic carbocycles. The van der Waals surface area contributed by atoms with E-state index in [2.05, 4.69) is 5.32 Å². The standard InChI is InChI=1S/C14H20FNO2/c1-9-6-10(2)13(11(15)7-9)14(16-3)12-8-17-4-5-18-12/h6-7,12,14,16H,4-5,8H2,1-3H3. The van der Waals surface area contributed by atoms with Crippen LogP contribution in [-0.2, 0) is 9.47 Å². The molecule has 0 aliphatic carbocycles. The van der Waals surface area contributed by atoms with Crippen LogP contribution in [0.5, 0.6) is 0 Å². The summed E-state index contributed by atoms with van der Waals surface area (Å²) in [5.41, 5.74) is 2.56. The van der Waals surface area contributed by atoms with Gasteiger partial charge in [-0.25, -0.2) is 4.39 Å². The third-order valence-corrected chi connectivity index (χ3v) is 3.32. The first-order valence-electron chi connectivity index (χ1n) is 6.26. The highest BCUT2D eigenvalue weighted by Crippen LogP contribution is 2.27. The Labute approximate surface area is 107 Å². The van der Waals surface area contributed by atoms with Crippen LogP contribution >= 0.6 is 0 Å². The minimum atomic E-state index is -0.180. The largest absolute Gasteiger partial charge is 0.376 e. The van der Waals surface area contributed by atoms with Crippen molar-refractivity contribution < 1.29 is 13.9 Å². The van der Waals surface area contributed by atoms with Crippen molar-refractivity contribution in [3.05, 3.63) is 34.6 Å². The zero-order valence-corrected chi connectivity index (χ0v) is 11.1. The first-order valence-corrected chi connectivity index (χ1v) is 6.26. The maximum Gasteiger partial charge on any atom is 0.128 e. The fourth-order valence-electron chi connectivity index (χ4n) is 2.54. The normalized spacial score (nSPS) is 21.9. The Hall–Kier alpha value is -0.970. The predicted octanol–water partition coefficient (Wildman–Crippen LogP) is 2.12. The summed E-state index contributed by atoms with van der Waals surface area (Å²) in [6.07, 6.45) is -0.139. The number of ether oxygens (including phenoxy) is 2. The Bertz CT molecular complexity index is 393. The van der Waals surface area contributed by atoms with E-state index in [1.165, 1.54) is 0 Å². The second-order valence-electron chi connectivity index (χ2n) is 4.73. The van der Waals surface area contributed by atoms with Gasteiger partial charge in [0.2, 0.25) is 0 Å². The topological polar surface area (TPSA) is 30.5 Å². The average Bonchev–Trinajstić information content (AvgIpc) is 2.34. The van der Waals surface area contributed by atoms with Crippen molar-refractivity contribution in [1.82, 2.24) is 5.32 Å². The van der Waals surface area contributed by atoms with Crippen LogP contribution in [0.3, 0.4) is 0 Å². The van der Waals surface area contributed by atoms with Gasteiger partial charge in [-0.15, -0.1) is 0 Å². The van der Waals surface area contributed by atoms with Gasteiger partial charge in [0, 0.05) is 5.56 Å². The minimum Gasteiger partial charge on any atom is -0.376 e. The van der Waals surface area contributed by atoms with Crippen molar-refractivity contribution in [1.29, 1.82) is 0 Å². The second-order valence-corrected chi connectivity index (χ2v) is 4.73. The molecule has 3 nitrogen and oxygen atoms in total. The van der Waals surface area contributed by atoms with Gasteiger partial charge < -0.3 is 14.8 Å². The summed E-state index contributed by atoms with van der Waals surface area (Å²) < 4.78 is 25.2. The van der Waals surface area contributed by atoms with Crippen molar-refractivity contribution in [2.75, 3.05) is 26.9 Å². The van der Waals surface area contributed by atoms with Crippen LogP contribution in [0.25, 0.3) is 0 Å². The third kappa shape index (κ3) is 2.71. The molecule has 1 aliphatic heterocycles. The van der Waals surface area contributed by atoms with Gasteiger partial charge in [0.25, 0.3) is 0 Å². The van der Waals surface area contributed by atoms with Gasteiger partial charge in [0.05, 0.1) is 25.9 Å². The van der Waals surface area contributed by atoms with Crippen molar-refractivity contribution in [2.24, 2.45) is 0 Å². The van der Waals surface area contributed by atoms with E-state index in [1.807, 2.05) is 27.0 Å². The van der Waals surface area contributed by atoms with E-state index in [0.29, 0.717) is 25.4 Å². The smallest absolute Gasteiger partial charge is 0.128 e. The molecule has 0 spiro atoms. The van der Waals surface area contributed by atoms with E-state index in [-0.39, 0.29) is 18.0 Å². The van der Waals surface area contributed by atoms with Crippen molar-refractivity contribution in [2.45, 2.75) is 26.0 Å². The summed E-state index contributed by atoms with van der Waals surface area (Å²) in [7, 11) is 1.82. The molecular weight excluding hydrogens is 233 g/mol. The Balaban J connectivity index is 2.32. The molecule has 0 bridgehead atoms. The van der Waals surface area contributed by atoms with Crippen LogP contribution in [0.1, 0.15) is 22.7 Å². The molecule has 2 atom stereocenters. The van der Waals surface area contributed by atoms with Crippen LogP contribution in [0.2, 0.25) is 0 Å². The number of halogens is 1. The highest BCUT2D eigenvalue weighted by atomic mass is 19.1. The summed E-state index contributed by atoms with van der Waals surface area (Å²) in [4.78, 5) is 0. The van der Waals surface area contributed by atoms with E-state index in [4.69, 9.17) is 9.47 Å². The lowest BCUT2D eigenvalue weighted by Crippen LogP contribution is -2.40. The molecule has 18 heavy (non-hydrogen) atoms. The van der Waals surface area contributed by atoms with Crippen LogP contribution < -0.4 is 5.32 Å². The van der Waals surface area contributed by atoms with Crippen LogP contribution in [0.4, 0.5) is 4.39 Å². The van der Waals surface area contributed by atoms with Crippen LogP contribution in [0, 0.1) is 19.7 Å². The zero-order valence-electron chi connectivity index (χ0n) is 11.1. The number of hydrogen-bond donors (Lipinski definition) is 1. The molecule has 1 aromatic rings. The second kappa shape index (κ2) is 5.78. The monoisotopic (exact) mass is 253 g/mol. The first kappa shape index (κ1) is 13.5. The molecule has 1 saturated heterocycles. The van der Waals surface area contributed by atoms with Crippen molar-refractivity contribution >= 4 is 0 Å². The summed E-state index contributed by atoms with van der Waals surface area (Å²) in [5, 5.41) is 3.14. The Morgan fingerprint density at radius 2 is 2.11 bits per heavy atom. The van der Waals surface area contributed by atoms with E-state index in [1.54, 1.807) is 6.07 Å². The lowest BCUT2D eigenvalue weighted by atomic mass is 9.94. The van der Waals surface area contributed by atoms with Gasteiger partial charge >= 0.3 is 0 Å². The van der Waals surface area contributed by atoms with Gasteiger partial charge in [-0.05, 0) is 38.1 Å². The van der Waals surface area contributed by atoms with Crippen molar-refractivity contribution in [3.63, 3.8) is 0 Å². The number of hydrogen-bond acceptors (Lipinski definition) is 3. The van der Waals surface area contributed by atoms with Gasteiger partial charge in [0.1, 0.15) is 11.9 Å². The summed E-state index contributed by atoms with van der Waals surface area (Å²) in [6, 6.07) is 3.38. The maximum atomic E-state index is 14.2. The predicted molar refractivity (Wildman–Crippen MR) is 68.2 cm³/mol. The van der Waals surface area contributed by atoms with Gasteiger partial charge in [-0.3, -0.25) is 0 Å². The molecule has 100 valence electrons. The molecule has 1 fully saturated rings. The number of aryl methyl sites for hydroxylation is 2. The summed E-state index contributed by atoms with van der Waals surface area (Å²) in [6.45, 7) is 5.50. The number of benzene rings is 1. The average molecular weight is 253 g/mol. The fraction of sp³-hybridized carbons (Fsp3) is 0.571. The van der Waals surface area contributed by atoms with Crippen LogP contribution in [0.15, 0.2) is 12.1 Å². The molecule has 4 heteroatoms. The lowest BCUT2D eigenvalue weighted by Gasteiger charge is -2.31. The SMILES string of the molecule is CNC(c1c(C)cc(C)cc1F)C1COCCO1. The van der Waals surface area contributed by atoms with Gasteiger partial charge in [-0.1, -0.05) is 6.07 Å². The number of rotatable bonds is 3. The summed E-state index contributed by atoms with van der Waals surface area (Å²) >= 11 is 0. The summed E-state index contributed by atoms with van der Waals surface area (Å²) in [5.74, 6) is -0.180. The molecule has 1 N–H and O–H groups in total. The van der Waals surface area contributed by atoms with Gasteiger partial charge in [0.15, 0.2) is 0 Å². The molecule has 0 saturated carbocycles. The van der Waals surface area contributed by atoms with E-state index in [0.717, 1.165) is 11.1 Å². The maximum absolute atomic E-state index is 14.2. The molecule has 2 rings (SSSR count). The van der Waals surface area contributed by atoms with E-state index in [9.17, 15) is 4.39 Å². The highest BCUT2D eigenvalue weighted by molar-refractivity contribution is 5.35. The quantitative estimate of drug-likeness (QED) is 0.895. The molecule has 0 radical (unpaired) electrons. The highest BCUT2D eigenvalue weighted by Gasteiger charge is 2.28. The minimum absolute atomic E-state index is 0.139. The van der Waals surface area contributed by atoms with E-state index < -0.39 is 0 Å². The zero-order chi connectivity index (χ0) is 13.1. The third-order valence-electron chi connectivity index (χ3n) is 3.32. The molecule has 0 amide bonds. The number of nitrogens with one attached hydrogen (secondary N) is 1. The molecule has 2 unspecified atom stereocenters. The molecular formula is C14H20FNO2. The molecule has 0 aromatic heterocycles. The Morgan fingerprint density at radius 3 is 2.67 bits per heavy atom. The van der Waals surface area contributed by atoms with Gasteiger partial charge in [-0.2, -0.15) is 0 Å². The molecule has 1 heterocycles. The van der Waals surface area contributed by atoms with Crippen molar-refractivity contribution in [3.8, 4) is 0 Å². The fourth-order valence-corrected chi connectivity index (χ4v) is 2.54. The Kier molecular flexibility index (Phi) is 4.32. The lowest BCUT2D eigenvalue weighted by molar-refractivity contribution is -0.102.